The summed E-state index contributed by atoms with van der Waals surface area (Å²) in [5.74, 6) is -2.23. The molecular weight excluding hydrogens is 722 g/mol. The second-order valence-corrected chi connectivity index (χ2v) is 14.1. The van der Waals surface area contributed by atoms with E-state index in [4.69, 9.17) is 16.3 Å². The highest BCUT2D eigenvalue weighted by atomic mass is 35.5. The lowest BCUT2D eigenvalue weighted by molar-refractivity contribution is -0.163. The van der Waals surface area contributed by atoms with Crippen molar-refractivity contribution in [3.8, 4) is 5.75 Å². The van der Waals surface area contributed by atoms with Crippen molar-refractivity contribution in [3.63, 3.8) is 0 Å². The van der Waals surface area contributed by atoms with E-state index in [2.05, 4.69) is 10.3 Å². The molecule has 0 unspecified atom stereocenters. The van der Waals surface area contributed by atoms with Gasteiger partial charge in [0.25, 0.3) is 11.8 Å². The van der Waals surface area contributed by atoms with E-state index in [1.807, 2.05) is 6.92 Å². The summed E-state index contributed by atoms with van der Waals surface area (Å²) < 4.78 is 90.0. The van der Waals surface area contributed by atoms with Crippen LogP contribution in [-0.4, -0.2) is 63.8 Å². The molecule has 1 N–H and O–H groups in total. The Balaban J connectivity index is 1.65. The Morgan fingerprint density at radius 3 is 2.49 bits per heavy atom. The number of thiophene rings is 1. The number of likely N-dealkylation sites (tertiary alicyclic amines) is 1. The number of ether oxygens (including phenoxy) is 1. The monoisotopic (exact) mass is 758 g/mol. The van der Waals surface area contributed by atoms with Crippen LogP contribution in [0.5, 0.6) is 5.75 Å². The largest absolute Gasteiger partial charge is 0.474 e. The third-order valence-corrected chi connectivity index (χ3v) is 10.6. The number of rotatable bonds is 10. The van der Waals surface area contributed by atoms with Crippen LogP contribution in [0.3, 0.4) is 0 Å². The van der Waals surface area contributed by atoms with Crippen LogP contribution in [0.1, 0.15) is 83.9 Å². The fraction of sp³-hybridized carbons (Fsp3) is 0.486. The molecule has 3 aromatic rings. The fourth-order valence-corrected chi connectivity index (χ4v) is 7.85. The number of hydrogen-bond donors (Lipinski definition) is 1. The smallest absolute Gasteiger partial charge is 0.425 e. The van der Waals surface area contributed by atoms with Crippen LogP contribution in [0.15, 0.2) is 48.0 Å². The van der Waals surface area contributed by atoms with Gasteiger partial charge in [-0.1, -0.05) is 37.4 Å². The highest BCUT2D eigenvalue weighted by Gasteiger charge is 2.57. The molecule has 2 aromatic heterocycles. The van der Waals surface area contributed by atoms with Gasteiger partial charge in [0.2, 0.25) is 11.5 Å². The molecule has 8 nitrogen and oxygen atoms in total. The second-order valence-electron chi connectivity index (χ2n) is 12.7. The molecule has 0 bridgehead atoms. The van der Waals surface area contributed by atoms with E-state index in [0.717, 1.165) is 40.9 Å². The quantitative estimate of drug-likeness (QED) is 0.212. The number of carbonyl (C=O) groups is 3. The predicted molar refractivity (Wildman–Crippen MR) is 178 cm³/mol. The number of pyridine rings is 1. The third kappa shape index (κ3) is 8.29. The van der Waals surface area contributed by atoms with E-state index in [1.54, 1.807) is 18.2 Å². The number of nitrogens with zero attached hydrogens (tertiary/aromatic N) is 3. The number of halogens is 7. The van der Waals surface area contributed by atoms with Crippen molar-refractivity contribution < 1.29 is 45.5 Å². The van der Waals surface area contributed by atoms with Crippen molar-refractivity contribution in [1.82, 2.24) is 20.1 Å². The number of alkyl halides is 6. The first-order chi connectivity index (χ1) is 24.1. The lowest BCUT2D eigenvalue weighted by Crippen LogP contribution is -2.69. The molecule has 0 aliphatic carbocycles. The van der Waals surface area contributed by atoms with Crippen LogP contribution >= 0.6 is 22.9 Å². The zero-order valence-electron chi connectivity index (χ0n) is 27.9. The lowest BCUT2D eigenvalue weighted by atomic mass is 9.78. The molecule has 51 heavy (non-hydrogen) atoms. The molecule has 1 aromatic carbocycles. The molecule has 16 heteroatoms. The summed E-state index contributed by atoms with van der Waals surface area (Å²) in [6.07, 6.45) is -6.83. The Morgan fingerprint density at radius 2 is 1.82 bits per heavy atom. The highest BCUT2D eigenvalue weighted by Crippen LogP contribution is 2.44. The summed E-state index contributed by atoms with van der Waals surface area (Å²) >= 11 is 6.67. The Bertz CT molecular complexity index is 1750. The molecular formula is C35H37ClF6N4O4S. The number of amides is 3. The fourth-order valence-electron chi connectivity index (χ4n) is 6.98. The van der Waals surface area contributed by atoms with Crippen molar-refractivity contribution in [2.75, 3.05) is 13.6 Å². The van der Waals surface area contributed by atoms with Gasteiger partial charge in [0, 0.05) is 61.7 Å². The Kier molecular flexibility index (Phi) is 11.6. The van der Waals surface area contributed by atoms with Gasteiger partial charge in [-0.3, -0.25) is 19.4 Å². The summed E-state index contributed by atoms with van der Waals surface area (Å²) in [5, 5.41) is 4.17. The molecule has 0 spiro atoms. The number of aromatic nitrogens is 1. The van der Waals surface area contributed by atoms with Crippen LogP contribution in [0, 0.1) is 0 Å². The van der Waals surface area contributed by atoms with Gasteiger partial charge in [0.1, 0.15) is 16.3 Å². The molecule has 4 heterocycles. The topological polar surface area (TPSA) is 91.8 Å². The summed E-state index contributed by atoms with van der Waals surface area (Å²) in [6.45, 7) is 1.85. The van der Waals surface area contributed by atoms with Crippen LogP contribution in [-0.2, 0) is 34.9 Å². The van der Waals surface area contributed by atoms with E-state index < -0.39 is 58.0 Å². The molecule has 0 saturated carbocycles. The van der Waals surface area contributed by atoms with Crippen molar-refractivity contribution in [3.05, 3.63) is 80.3 Å². The maximum absolute atomic E-state index is 15.3. The van der Waals surface area contributed by atoms with Crippen LogP contribution in [0.4, 0.5) is 26.3 Å². The van der Waals surface area contributed by atoms with E-state index in [9.17, 15) is 35.9 Å². The van der Waals surface area contributed by atoms with Gasteiger partial charge in [0.15, 0.2) is 0 Å². The van der Waals surface area contributed by atoms with Gasteiger partial charge < -0.3 is 19.9 Å². The minimum Gasteiger partial charge on any atom is -0.474 e. The van der Waals surface area contributed by atoms with Crippen LogP contribution < -0.4 is 10.1 Å². The van der Waals surface area contributed by atoms with Crippen molar-refractivity contribution in [2.45, 2.75) is 94.9 Å². The van der Waals surface area contributed by atoms with Gasteiger partial charge in [-0.2, -0.15) is 26.3 Å². The van der Waals surface area contributed by atoms with Gasteiger partial charge in [-0.15, -0.1) is 11.3 Å². The molecule has 1 saturated heterocycles. The van der Waals surface area contributed by atoms with Crippen LogP contribution in [0.25, 0.3) is 0 Å². The Hall–Kier alpha value is -3.85. The number of benzene rings is 1. The van der Waals surface area contributed by atoms with E-state index in [1.165, 1.54) is 16.8 Å². The number of fused-ring (bicyclic) bond motifs is 1. The molecule has 0 radical (unpaired) electrons. The maximum atomic E-state index is 15.3. The molecule has 2 aliphatic rings. The first-order valence-corrected chi connectivity index (χ1v) is 17.8. The maximum Gasteiger partial charge on any atom is 0.425 e. The van der Waals surface area contributed by atoms with E-state index >= 15 is 4.79 Å². The number of unbranched alkanes of at least 4 members (excludes halogenated alkanes) is 1. The first-order valence-electron chi connectivity index (χ1n) is 16.6. The normalized spacial score (nSPS) is 20.9. The molecule has 3 amide bonds. The minimum absolute atomic E-state index is 0.0400. The lowest BCUT2D eigenvalue weighted by Gasteiger charge is -2.51. The Labute approximate surface area is 300 Å². The van der Waals surface area contributed by atoms with Crippen LogP contribution in [0.2, 0.25) is 5.02 Å². The molecule has 3 atom stereocenters. The van der Waals surface area contributed by atoms with Crippen molar-refractivity contribution in [2.24, 2.45) is 0 Å². The Morgan fingerprint density at radius 1 is 1.06 bits per heavy atom. The number of nitrogens with one attached hydrogen (secondary N) is 1. The number of piperidine rings is 1. The molecule has 2 aliphatic heterocycles. The summed E-state index contributed by atoms with van der Waals surface area (Å²) in [6, 6.07) is 6.04. The van der Waals surface area contributed by atoms with Crippen molar-refractivity contribution >= 4 is 40.7 Å². The molecule has 276 valence electrons. The van der Waals surface area contributed by atoms with E-state index in [0.29, 0.717) is 35.6 Å². The zero-order valence-corrected chi connectivity index (χ0v) is 29.4. The van der Waals surface area contributed by atoms with Gasteiger partial charge in [-0.05, 0) is 61.1 Å². The minimum atomic E-state index is -4.91. The standard InChI is InChI=1S/C35H37ClF6N4O4S/c1-3-4-8-27-33(50-25-18-28(51-20-25)35(40,41)42,13-6-15-45(27)31(48)30-26(34(37,38)39)7-5-14-44-30)32(49)46-19-21-9-10-23(36)16-22(21)17-24(46)11-12-29(47)43-2/h5,7,9-10,14,16,18,20,24,27H,3-4,6,8,11-13,15,17,19H2,1-2H3,(H,43,47)/t24-,27+,33-/m0/s1. The second kappa shape index (κ2) is 15.4. The van der Waals surface area contributed by atoms with Gasteiger partial charge in [-0.25, -0.2) is 0 Å². The van der Waals surface area contributed by atoms with Gasteiger partial charge in [0.05, 0.1) is 11.6 Å². The SMILES string of the molecule is CCCC[C@H]1N(C(=O)c2ncccc2C(F)(F)F)CCC[C@@]1(Oc1csc(C(F)(F)F)c1)C(=O)N1Cc2ccc(Cl)cc2C[C@@H]1CCC(=O)NC. The van der Waals surface area contributed by atoms with Crippen molar-refractivity contribution in [1.29, 1.82) is 0 Å². The summed E-state index contributed by atoms with van der Waals surface area (Å²) in [7, 11) is 1.48. The summed E-state index contributed by atoms with van der Waals surface area (Å²) in [5.41, 5.74) is -2.49. The number of hydrogen-bond acceptors (Lipinski definition) is 6. The van der Waals surface area contributed by atoms with E-state index in [-0.39, 0.29) is 56.9 Å². The summed E-state index contributed by atoms with van der Waals surface area (Å²) in [4.78, 5) is 47.4. The average Bonchev–Trinajstić information content (AvgIpc) is 3.57. The predicted octanol–water partition coefficient (Wildman–Crippen LogP) is 7.93. The molecule has 1 fully saturated rings. The zero-order chi connectivity index (χ0) is 37.1. The highest BCUT2D eigenvalue weighted by molar-refractivity contribution is 7.10. The van der Waals surface area contributed by atoms with Gasteiger partial charge >= 0.3 is 12.4 Å². The number of carbonyl (C=O) groups excluding carboxylic acids is 3. The average molecular weight is 759 g/mol. The third-order valence-electron chi connectivity index (χ3n) is 9.44. The first kappa shape index (κ1) is 38.4. The molecule has 5 rings (SSSR count).